The minimum atomic E-state index is -0.224. The van der Waals surface area contributed by atoms with Crippen molar-refractivity contribution < 1.29 is 9.84 Å². The van der Waals surface area contributed by atoms with Crippen molar-refractivity contribution in [3.05, 3.63) is 0 Å². The van der Waals surface area contributed by atoms with E-state index in [-0.39, 0.29) is 6.10 Å². The first-order valence-corrected chi connectivity index (χ1v) is 8.73. The Labute approximate surface area is 129 Å². The molecule has 1 saturated carbocycles. The summed E-state index contributed by atoms with van der Waals surface area (Å²) < 4.78 is 5.94. The lowest BCUT2D eigenvalue weighted by Crippen LogP contribution is -2.70. The lowest BCUT2D eigenvalue weighted by atomic mass is 9.56. The van der Waals surface area contributed by atoms with Gasteiger partial charge in [0.2, 0.25) is 0 Å². The quantitative estimate of drug-likeness (QED) is 0.854. The van der Waals surface area contributed by atoms with Crippen LogP contribution in [0.25, 0.3) is 0 Å². The molecule has 2 heterocycles. The molecule has 0 aromatic rings. The largest absolute Gasteiger partial charge is 0.392 e. The number of nitrogens with zero attached hydrogens (tertiary/aromatic N) is 2. The van der Waals surface area contributed by atoms with Crippen LogP contribution in [0.1, 0.15) is 40.5 Å². The molecule has 21 heavy (non-hydrogen) atoms. The van der Waals surface area contributed by atoms with Crippen molar-refractivity contribution in [3.63, 3.8) is 0 Å². The number of fused-ring (bicyclic) bond motifs is 1. The number of rotatable bonds is 4. The second-order valence-electron chi connectivity index (χ2n) is 7.91. The maximum absolute atomic E-state index is 9.68. The van der Waals surface area contributed by atoms with Crippen molar-refractivity contribution in [3.8, 4) is 0 Å². The highest BCUT2D eigenvalue weighted by atomic mass is 16.5. The van der Waals surface area contributed by atoms with E-state index in [0.29, 0.717) is 23.6 Å². The summed E-state index contributed by atoms with van der Waals surface area (Å²) in [4.78, 5) is 5.21. The third-order valence-corrected chi connectivity index (χ3v) is 6.04. The molecule has 0 aromatic heterocycles. The van der Waals surface area contributed by atoms with E-state index in [9.17, 15) is 5.11 Å². The molecule has 5 atom stereocenters. The van der Waals surface area contributed by atoms with Crippen molar-refractivity contribution in [2.45, 2.75) is 64.8 Å². The molecular weight excluding hydrogens is 264 g/mol. The van der Waals surface area contributed by atoms with E-state index < -0.39 is 0 Å². The normalized spacial score (nSPS) is 41.6. The zero-order valence-corrected chi connectivity index (χ0v) is 14.1. The second-order valence-corrected chi connectivity index (χ2v) is 7.91. The number of ether oxygens (including phenoxy) is 1. The molecule has 122 valence electrons. The van der Waals surface area contributed by atoms with Gasteiger partial charge in [-0.3, -0.25) is 9.80 Å². The molecule has 2 aliphatic heterocycles. The van der Waals surface area contributed by atoms with E-state index in [0.717, 1.165) is 38.7 Å². The molecule has 3 fully saturated rings. The Morgan fingerprint density at radius 2 is 2.10 bits per heavy atom. The summed E-state index contributed by atoms with van der Waals surface area (Å²) in [5.41, 5.74) is 0.298. The van der Waals surface area contributed by atoms with Gasteiger partial charge in [-0.25, -0.2) is 0 Å². The molecule has 0 spiro atoms. The molecule has 4 heteroatoms. The fourth-order valence-corrected chi connectivity index (χ4v) is 5.18. The van der Waals surface area contributed by atoms with E-state index in [2.05, 4.69) is 30.6 Å². The van der Waals surface area contributed by atoms with E-state index in [4.69, 9.17) is 4.74 Å². The third kappa shape index (κ3) is 2.65. The number of β-amino-alcohol motifs (C(OH)–C–C–N with tert-alkyl or cyclic N) is 1. The average Bonchev–Trinajstić information content (AvgIpc) is 2.86. The molecule has 1 aliphatic carbocycles. The third-order valence-electron chi connectivity index (χ3n) is 6.04. The van der Waals surface area contributed by atoms with Gasteiger partial charge >= 0.3 is 0 Å². The predicted octanol–water partition coefficient (Wildman–Crippen LogP) is 1.58. The lowest BCUT2D eigenvalue weighted by Gasteiger charge is -2.60. The molecule has 3 aliphatic rings. The topological polar surface area (TPSA) is 35.9 Å². The van der Waals surface area contributed by atoms with Gasteiger partial charge in [-0.05, 0) is 19.8 Å². The maximum Gasteiger partial charge on any atom is 0.0685 e. The van der Waals surface area contributed by atoms with Crippen LogP contribution in [0.15, 0.2) is 0 Å². The van der Waals surface area contributed by atoms with Crippen LogP contribution in [-0.4, -0.2) is 72.0 Å². The molecule has 0 unspecified atom stereocenters. The number of aliphatic hydroxyl groups excluding tert-OH is 1. The molecule has 0 aromatic carbocycles. The van der Waals surface area contributed by atoms with Gasteiger partial charge in [0.15, 0.2) is 0 Å². The summed E-state index contributed by atoms with van der Waals surface area (Å²) in [5, 5.41) is 9.68. The van der Waals surface area contributed by atoms with Gasteiger partial charge in [-0.2, -0.15) is 0 Å². The van der Waals surface area contributed by atoms with Crippen LogP contribution in [0.4, 0.5) is 0 Å². The second kappa shape index (κ2) is 5.80. The molecule has 1 N–H and O–H groups in total. The van der Waals surface area contributed by atoms with Gasteiger partial charge < -0.3 is 9.84 Å². The maximum atomic E-state index is 9.68. The highest BCUT2D eigenvalue weighted by Crippen LogP contribution is 2.54. The first-order valence-electron chi connectivity index (χ1n) is 8.73. The molecule has 4 nitrogen and oxygen atoms in total. The smallest absolute Gasteiger partial charge is 0.0685 e. The summed E-state index contributed by atoms with van der Waals surface area (Å²) in [6, 6.07) is 1.28. The summed E-state index contributed by atoms with van der Waals surface area (Å²) in [6.45, 7) is 14.1. The van der Waals surface area contributed by atoms with E-state index in [1.54, 1.807) is 0 Å². The minimum absolute atomic E-state index is 0.224. The number of hydrogen-bond acceptors (Lipinski definition) is 4. The van der Waals surface area contributed by atoms with Crippen LogP contribution in [0.2, 0.25) is 0 Å². The summed E-state index contributed by atoms with van der Waals surface area (Å²) in [5.74, 6) is 0.751. The van der Waals surface area contributed by atoms with Crippen molar-refractivity contribution in [1.82, 2.24) is 9.80 Å². The Balaban J connectivity index is 1.65. The van der Waals surface area contributed by atoms with Gasteiger partial charge in [0.1, 0.15) is 0 Å². The van der Waals surface area contributed by atoms with Crippen molar-refractivity contribution >= 4 is 0 Å². The molecule has 0 radical (unpaired) electrons. The van der Waals surface area contributed by atoms with Gasteiger partial charge in [-0.1, -0.05) is 20.8 Å². The first kappa shape index (κ1) is 15.7. The van der Waals surface area contributed by atoms with Crippen LogP contribution >= 0.6 is 0 Å². The molecule has 0 amide bonds. The molecular formula is C17H32N2O2. The Kier molecular flexibility index (Phi) is 4.34. The zero-order valence-electron chi connectivity index (χ0n) is 14.1. The van der Waals surface area contributed by atoms with Crippen LogP contribution in [0, 0.1) is 11.3 Å². The van der Waals surface area contributed by atoms with Gasteiger partial charge in [0.05, 0.1) is 12.2 Å². The van der Waals surface area contributed by atoms with E-state index in [1.165, 1.54) is 12.8 Å². The number of aliphatic hydroxyl groups is 1. The number of hydrogen-bond donors (Lipinski definition) is 1. The van der Waals surface area contributed by atoms with Crippen LogP contribution in [-0.2, 0) is 4.74 Å². The fourth-order valence-electron chi connectivity index (χ4n) is 5.18. The standard InChI is InChI=1S/C17H32N2O2/c1-5-13-11-19(8-7-18(13)10-12(2)20)15-14-6-9-21-16(14)17(15,3)4/h12-16,20H,5-11H2,1-4H3/t12-,13+,14-,15+,16+/m0/s1. The highest BCUT2D eigenvalue weighted by molar-refractivity contribution is 5.12. The summed E-state index contributed by atoms with van der Waals surface area (Å²) >= 11 is 0. The van der Waals surface area contributed by atoms with E-state index in [1.807, 2.05) is 6.92 Å². The molecule has 2 saturated heterocycles. The lowest BCUT2D eigenvalue weighted by molar-refractivity contribution is -0.166. The van der Waals surface area contributed by atoms with Crippen LogP contribution in [0.5, 0.6) is 0 Å². The minimum Gasteiger partial charge on any atom is -0.392 e. The average molecular weight is 296 g/mol. The summed E-state index contributed by atoms with van der Waals surface area (Å²) in [6.07, 6.45) is 2.67. The SMILES string of the molecule is CC[C@@H]1CN([C@@H]2[C@@H]3CCO[C@H]3C2(C)C)CCN1C[C@H](C)O. The highest BCUT2D eigenvalue weighted by Gasteiger charge is 2.61. The molecule has 0 bridgehead atoms. The van der Waals surface area contributed by atoms with Crippen molar-refractivity contribution in [1.29, 1.82) is 0 Å². The molecule has 3 rings (SSSR count). The van der Waals surface area contributed by atoms with Gasteiger partial charge in [0.25, 0.3) is 0 Å². The number of piperazine rings is 1. The predicted molar refractivity (Wildman–Crippen MR) is 84.3 cm³/mol. The Morgan fingerprint density at radius 3 is 2.76 bits per heavy atom. The van der Waals surface area contributed by atoms with Crippen molar-refractivity contribution in [2.75, 3.05) is 32.8 Å². The first-order chi connectivity index (χ1) is 9.95. The van der Waals surface area contributed by atoms with Gasteiger partial charge in [-0.15, -0.1) is 0 Å². The van der Waals surface area contributed by atoms with Crippen LogP contribution in [0.3, 0.4) is 0 Å². The fraction of sp³-hybridized carbons (Fsp3) is 1.00. The van der Waals surface area contributed by atoms with E-state index >= 15 is 0 Å². The Hall–Kier alpha value is -0.160. The Bertz CT molecular complexity index is 372. The Morgan fingerprint density at radius 1 is 1.33 bits per heavy atom. The monoisotopic (exact) mass is 296 g/mol. The van der Waals surface area contributed by atoms with Crippen LogP contribution < -0.4 is 0 Å². The van der Waals surface area contributed by atoms with Gasteiger partial charge in [0, 0.05) is 56.2 Å². The summed E-state index contributed by atoms with van der Waals surface area (Å²) in [7, 11) is 0. The van der Waals surface area contributed by atoms with Crippen molar-refractivity contribution in [2.24, 2.45) is 11.3 Å². The zero-order chi connectivity index (χ0) is 15.2.